The van der Waals surface area contributed by atoms with E-state index in [1.165, 1.54) is 5.56 Å². The van der Waals surface area contributed by atoms with Gasteiger partial charge in [0.25, 0.3) is 5.91 Å². The zero-order chi connectivity index (χ0) is 20.6. The van der Waals surface area contributed by atoms with Crippen LogP contribution in [0.25, 0.3) is 0 Å². The van der Waals surface area contributed by atoms with Gasteiger partial charge in [-0.15, -0.1) is 0 Å². The number of nitriles is 1. The number of urea groups is 1. The first kappa shape index (κ1) is 20.4. The zero-order valence-corrected chi connectivity index (χ0v) is 16.3. The van der Waals surface area contributed by atoms with Crippen LogP contribution in [-0.4, -0.2) is 47.9 Å². The second-order valence-corrected chi connectivity index (χ2v) is 7.15. The molecule has 3 rings (SSSR count). The normalized spacial score (nSPS) is 14.7. The Kier molecular flexibility index (Phi) is 6.82. The number of rotatable bonds is 5. The van der Waals surface area contributed by atoms with Crippen molar-refractivity contribution in [2.75, 3.05) is 26.2 Å². The lowest BCUT2D eigenvalue weighted by Crippen LogP contribution is -2.35. The Morgan fingerprint density at radius 3 is 2.31 bits per heavy atom. The minimum Gasteiger partial charge on any atom is -0.352 e. The Morgan fingerprint density at radius 1 is 0.966 bits per heavy atom. The smallest absolute Gasteiger partial charge is 0.312 e. The average Bonchev–Trinajstić information content (AvgIpc) is 2.98. The first-order valence-electron chi connectivity index (χ1n) is 9.68. The van der Waals surface area contributed by atoms with Crippen molar-refractivity contribution in [3.8, 4) is 6.07 Å². The predicted molar refractivity (Wildman–Crippen MR) is 110 cm³/mol. The summed E-state index contributed by atoms with van der Waals surface area (Å²) in [5.74, 6) is 0.0274. The van der Waals surface area contributed by atoms with Crippen LogP contribution in [0.4, 0.5) is 4.79 Å². The van der Waals surface area contributed by atoms with Crippen LogP contribution in [0.3, 0.4) is 0 Å². The molecule has 29 heavy (non-hydrogen) atoms. The van der Waals surface area contributed by atoms with Crippen molar-refractivity contribution < 1.29 is 9.59 Å². The summed E-state index contributed by atoms with van der Waals surface area (Å²) in [5.41, 5.74) is 8.45. The van der Waals surface area contributed by atoms with Gasteiger partial charge in [-0.05, 0) is 41.8 Å². The molecule has 1 aliphatic heterocycles. The van der Waals surface area contributed by atoms with Gasteiger partial charge in [-0.2, -0.15) is 5.26 Å². The van der Waals surface area contributed by atoms with Crippen LogP contribution in [0.2, 0.25) is 0 Å². The molecule has 3 N–H and O–H groups in total. The third kappa shape index (κ3) is 5.80. The standard InChI is InChI=1S/C22H25N5O2/c23-14-17-2-4-19(5-3-17)16-26-10-1-11-27(13-12-26)21(28)20-8-6-18(7-9-20)15-25-22(24)29/h2-9H,1,10-13,15-16H2,(H3,24,25,29). The van der Waals surface area contributed by atoms with Crippen LogP contribution >= 0.6 is 0 Å². The van der Waals surface area contributed by atoms with Gasteiger partial charge < -0.3 is 16.0 Å². The van der Waals surface area contributed by atoms with Gasteiger partial charge in [-0.1, -0.05) is 24.3 Å². The van der Waals surface area contributed by atoms with Crippen molar-refractivity contribution in [1.29, 1.82) is 5.26 Å². The number of nitrogens with two attached hydrogens (primary N) is 1. The fraction of sp³-hybridized carbons (Fsp3) is 0.318. The van der Waals surface area contributed by atoms with Gasteiger partial charge in [0.1, 0.15) is 0 Å². The summed E-state index contributed by atoms with van der Waals surface area (Å²) >= 11 is 0. The fourth-order valence-corrected chi connectivity index (χ4v) is 3.41. The number of nitrogens with one attached hydrogen (secondary N) is 1. The molecule has 2 aromatic rings. The van der Waals surface area contributed by atoms with Crippen LogP contribution < -0.4 is 11.1 Å². The van der Waals surface area contributed by atoms with E-state index in [4.69, 9.17) is 11.0 Å². The van der Waals surface area contributed by atoms with E-state index in [0.717, 1.165) is 38.2 Å². The van der Waals surface area contributed by atoms with E-state index in [2.05, 4.69) is 16.3 Å². The summed E-state index contributed by atoms with van der Waals surface area (Å²) in [5, 5.41) is 11.4. The second-order valence-electron chi connectivity index (χ2n) is 7.15. The summed E-state index contributed by atoms with van der Waals surface area (Å²) < 4.78 is 0. The molecule has 1 heterocycles. The maximum absolute atomic E-state index is 12.9. The van der Waals surface area contributed by atoms with Crippen LogP contribution in [0.15, 0.2) is 48.5 Å². The number of primary amides is 1. The first-order valence-corrected chi connectivity index (χ1v) is 9.68. The average molecular weight is 391 g/mol. The minimum absolute atomic E-state index is 0.0274. The second kappa shape index (κ2) is 9.71. The molecule has 7 nitrogen and oxygen atoms in total. The van der Waals surface area contributed by atoms with Crippen molar-refractivity contribution in [3.05, 3.63) is 70.8 Å². The Balaban J connectivity index is 1.54. The SMILES string of the molecule is N#Cc1ccc(CN2CCCN(C(=O)c3ccc(CNC(N)=O)cc3)CC2)cc1. The van der Waals surface area contributed by atoms with Crippen LogP contribution in [-0.2, 0) is 13.1 Å². The third-order valence-electron chi connectivity index (χ3n) is 5.03. The lowest BCUT2D eigenvalue weighted by atomic mass is 10.1. The fourth-order valence-electron chi connectivity index (χ4n) is 3.41. The molecule has 150 valence electrons. The van der Waals surface area contributed by atoms with Crippen molar-refractivity contribution >= 4 is 11.9 Å². The van der Waals surface area contributed by atoms with Crippen molar-refractivity contribution in [2.45, 2.75) is 19.5 Å². The summed E-state index contributed by atoms with van der Waals surface area (Å²) in [6.07, 6.45) is 0.919. The minimum atomic E-state index is -0.569. The molecule has 0 aromatic heterocycles. The lowest BCUT2D eigenvalue weighted by molar-refractivity contribution is 0.0761. The Bertz CT molecular complexity index is 887. The zero-order valence-electron chi connectivity index (χ0n) is 16.3. The molecular weight excluding hydrogens is 366 g/mol. The number of amides is 3. The van der Waals surface area contributed by atoms with E-state index in [1.54, 1.807) is 12.1 Å². The molecular formula is C22H25N5O2. The van der Waals surface area contributed by atoms with Gasteiger partial charge in [0.15, 0.2) is 0 Å². The monoisotopic (exact) mass is 391 g/mol. The summed E-state index contributed by atoms with van der Waals surface area (Å²) in [7, 11) is 0. The van der Waals surface area contributed by atoms with E-state index in [1.807, 2.05) is 41.3 Å². The quantitative estimate of drug-likeness (QED) is 0.814. The van der Waals surface area contributed by atoms with E-state index < -0.39 is 6.03 Å². The van der Waals surface area contributed by atoms with Gasteiger partial charge in [-0.25, -0.2) is 4.79 Å². The molecule has 0 saturated carbocycles. The molecule has 1 fully saturated rings. The van der Waals surface area contributed by atoms with Crippen molar-refractivity contribution in [2.24, 2.45) is 5.73 Å². The third-order valence-corrected chi connectivity index (χ3v) is 5.03. The van der Waals surface area contributed by atoms with Crippen molar-refractivity contribution in [3.63, 3.8) is 0 Å². The van der Waals surface area contributed by atoms with E-state index >= 15 is 0 Å². The highest BCUT2D eigenvalue weighted by Crippen LogP contribution is 2.13. The number of benzene rings is 2. The van der Waals surface area contributed by atoms with Gasteiger partial charge in [0, 0.05) is 44.8 Å². The highest BCUT2D eigenvalue weighted by atomic mass is 16.2. The molecule has 0 aliphatic carbocycles. The van der Waals surface area contributed by atoms with Crippen LogP contribution in [0.5, 0.6) is 0 Å². The topological polar surface area (TPSA) is 102 Å². The molecule has 3 amide bonds. The summed E-state index contributed by atoms with van der Waals surface area (Å²) in [4.78, 5) is 27.9. The van der Waals surface area contributed by atoms with E-state index in [9.17, 15) is 9.59 Å². The van der Waals surface area contributed by atoms with Gasteiger partial charge in [-0.3, -0.25) is 9.69 Å². The first-order chi connectivity index (χ1) is 14.0. The molecule has 0 spiro atoms. The maximum Gasteiger partial charge on any atom is 0.312 e. The highest BCUT2D eigenvalue weighted by molar-refractivity contribution is 5.94. The largest absolute Gasteiger partial charge is 0.352 e. The van der Waals surface area contributed by atoms with Crippen molar-refractivity contribution in [1.82, 2.24) is 15.1 Å². The summed E-state index contributed by atoms with van der Waals surface area (Å²) in [6, 6.07) is 16.5. The van der Waals surface area contributed by atoms with E-state index in [-0.39, 0.29) is 5.91 Å². The highest BCUT2D eigenvalue weighted by Gasteiger charge is 2.20. The molecule has 0 bridgehead atoms. The van der Waals surface area contributed by atoms with Gasteiger partial charge >= 0.3 is 6.03 Å². The Morgan fingerprint density at radius 2 is 1.66 bits per heavy atom. The molecule has 0 atom stereocenters. The van der Waals surface area contributed by atoms with Crippen LogP contribution in [0, 0.1) is 11.3 Å². The molecule has 0 radical (unpaired) electrons. The Labute approximate surface area is 170 Å². The number of nitrogens with zero attached hydrogens (tertiary/aromatic N) is 3. The van der Waals surface area contributed by atoms with E-state index in [0.29, 0.717) is 24.2 Å². The number of carbonyl (C=O) groups excluding carboxylic acids is 2. The molecule has 7 heteroatoms. The number of carbonyl (C=O) groups is 2. The van der Waals surface area contributed by atoms with Gasteiger partial charge in [0.2, 0.25) is 0 Å². The lowest BCUT2D eigenvalue weighted by Gasteiger charge is -2.22. The van der Waals surface area contributed by atoms with Gasteiger partial charge in [0.05, 0.1) is 11.6 Å². The Hall–Kier alpha value is -3.37. The molecule has 2 aromatic carbocycles. The molecule has 1 saturated heterocycles. The number of hydrogen-bond donors (Lipinski definition) is 2. The number of hydrogen-bond acceptors (Lipinski definition) is 4. The predicted octanol–water partition coefficient (Wildman–Crippen LogP) is 2.07. The maximum atomic E-state index is 12.9. The molecule has 1 aliphatic rings. The van der Waals surface area contributed by atoms with Crippen LogP contribution in [0.1, 0.15) is 33.5 Å². The molecule has 0 unspecified atom stereocenters. The summed E-state index contributed by atoms with van der Waals surface area (Å²) in [6.45, 7) is 4.31.